The van der Waals surface area contributed by atoms with Crippen LogP contribution in [0.25, 0.3) is 11.5 Å². The zero-order valence-corrected chi connectivity index (χ0v) is 12.7. The smallest absolute Gasteiger partial charge is 0.235 e. The van der Waals surface area contributed by atoms with Crippen molar-refractivity contribution in [2.75, 3.05) is 18.0 Å². The fraction of sp³-hybridized carbons (Fsp3) is 0.400. The molecule has 1 spiro atoms. The Morgan fingerprint density at radius 2 is 2.13 bits per heavy atom. The van der Waals surface area contributed by atoms with Gasteiger partial charge < -0.3 is 9.47 Å². The molecule has 2 amide bonds. The third kappa shape index (κ3) is 2.18. The number of carbonyl (C=O) groups excluding carboxylic acids is 2. The van der Waals surface area contributed by atoms with Gasteiger partial charge in [-0.2, -0.15) is 0 Å². The minimum atomic E-state index is -0.600. The van der Waals surface area contributed by atoms with Gasteiger partial charge in [-0.3, -0.25) is 14.9 Å². The highest BCUT2D eigenvalue weighted by molar-refractivity contribution is 6.06. The highest BCUT2D eigenvalue weighted by Crippen LogP contribution is 2.39. The Hall–Kier alpha value is -2.77. The summed E-state index contributed by atoms with van der Waals surface area (Å²) in [7, 11) is 1.90. The lowest BCUT2D eigenvalue weighted by Crippen LogP contribution is -2.34. The summed E-state index contributed by atoms with van der Waals surface area (Å²) in [6.45, 7) is 1.19. The second-order valence-corrected chi connectivity index (χ2v) is 6.14. The largest absolute Gasteiger partial charge is 0.354 e. The van der Waals surface area contributed by atoms with Crippen molar-refractivity contribution in [2.24, 2.45) is 12.5 Å². The molecule has 0 saturated carbocycles. The summed E-state index contributed by atoms with van der Waals surface area (Å²) in [5.41, 5.74) is 0.0980. The van der Waals surface area contributed by atoms with Crippen molar-refractivity contribution in [3.05, 3.63) is 24.5 Å². The van der Waals surface area contributed by atoms with E-state index in [4.69, 9.17) is 0 Å². The van der Waals surface area contributed by atoms with Crippen LogP contribution < -0.4 is 10.2 Å². The second kappa shape index (κ2) is 4.87. The highest BCUT2D eigenvalue weighted by Gasteiger charge is 2.51. The predicted molar refractivity (Wildman–Crippen MR) is 81.3 cm³/mol. The fourth-order valence-corrected chi connectivity index (χ4v) is 3.31. The fourth-order valence-electron chi connectivity index (χ4n) is 3.31. The summed E-state index contributed by atoms with van der Waals surface area (Å²) in [5.74, 6) is 1.12. The van der Waals surface area contributed by atoms with E-state index in [0.717, 1.165) is 5.82 Å². The van der Waals surface area contributed by atoms with Crippen molar-refractivity contribution in [3.63, 3.8) is 0 Å². The highest BCUT2D eigenvalue weighted by atomic mass is 16.2. The Labute approximate surface area is 132 Å². The number of imide groups is 1. The number of nitrogens with one attached hydrogen (secondary N) is 1. The molecule has 1 atom stereocenters. The number of aryl methyl sites for hydroxylation is 1. The lowest BCUT2D eigenvalue weighted by atomic mass is 9.85. The van der Waals surface area contributed by atoms with Gasteiger partial charge in [-0.1, -0.05) is 0 Å². The minimum absolute atomic E-state index is 0.164. The van der Waals surface area contributed by atoms with Crippen molar-refractivity contribution in [3.8, 4) is 11.5 Å². The van der Waals surface area contributed by atoms with Gasteiger partial charge in [0.25, 0.3) is 0 Å². The molecule has 2 aromatic rings. The first-order valence-electron chi connectivity index (χ1n) is 7.48. The van der Waals surface area contributed by atoms with E-state index in [-0.39, 0.29) is 18.2 Å². The van der Waals surface area contributed by atoms with Gasteiger partial charge in [0.05, 0.1) is 5.41 Å². The molecule has 0 aromatic carbocycles. The van der Waals surface area contributed by atoms with E-state index < -0.39 is 5.41 Å². The van der Waals surface area contributed by atoms with Gasteiger partial charge in [0.2, 0.25) is 11.8 Å². The van der Waals surface area contributed by atoms with Crippen LogP contribution in [0, 0.1) is 5.41 Å². The Morgan fingerprint density at radius 3 is 2.74 bits per heavy atom. The second-order valence-electron chi connectivity index (χ2n) is 6.14. The molecule has 0 radical (unpaired) electrons. The zero-order chi connectivity index (χ0) is 16.0. The average molecular weight is 312 g/mol. The minimum Gasteiger partial charge on any atom is -0.354 e. The molecular weight excluding hydrogens is 296 g/mol. The van der Waals surface area contributed by atoms with Crippen LogP contribution in [0.4, 0.5) is 5.82 Å². The van der Waals surface area contributed by atoms with Crippen molar-refractivity contribution >= 4 is 17.6 Å². The number of hydrogen-bond donors (Lipinski definition) is 1. The Balaban J connectivity index is 1.55. The Bertz CT molecular complexity index is 784. The van der Waals surface area contributed by atoms with Crippen LogP contribution in [0.5, 0.6) is 0 Å². The van der Waals surface area contributed by atoms with Crippen molar-refractivity contribution in [2.45, 2.75) is 12.8 Å². The molecule has 2 saturated heterocycles. The third-order valence-electron chi connectivity index (χ3n) is 4.61. The first-order valence-corrected chi connectivity index (χ1v) is 7.48. The molecule has 1 N–H and O–H groups in total. The van der Waals surface area contributed by atoms with Crippen LogP contribution in [-0.4, -0.2) is 44.7 Å². The number of nitrogens with zero attached hydrogens (tertiary/aromatic N) is 5. The van der Waals surface area contributed by atoms with Gasteiger partial charge in [0.1, 0.15) is 5.69 Å². The topological polar surface area (TPSA) is 93.0 Å². The summed E-state index contributed by atoms with van der Waals surface area (Å²) in [6, 6.07) is 3.75. The molecule has 8 nitrogen and oxygen atoms in total. The van der Waals surface area contributed by atoms with Gasteiger partial charge in [-0.15, -0.1) is 10.2 Å². The van der Waals surface area contributed by atoms with Crippen LogP contribution in [-0.2, 0) is 16.6 Å². The normalized spacial score (nSPS) is 23.8. The van der Waals surface area contributed by atoms with Crippen LogP contribution in [0.2, 0.25) is 0 Å². The van der Waals surface area contributed by atoms with Gasteiger partial charge in [0.15, 0.2) is 11.6 Å². The van der Waals surface area contributed by atoms with E-state index in [1.54, 1.807) is 6.20 Å². The molecule has 8 heteroatoms. The molecule has 0 bridgehead atoms. The SMILES string of the molecule is Cn1ccnc1-c1ccc(N2CC[C@@]3(CC(=O)NC3=O)C2)nn1. The number of imidazole rings is 1. The van der Waals surface area contributed by atoms with E-state index in [2.05, 4.69) is 20.5 Å². The summed E-state index contributed by atoms with van der Waals surface area (Å²) >= 11 is 0. The Morgan fingerprint density at radius 1 is 1.26 bits per heavy atom. The number of aromatic nitrogens is 4. The first kappa shape index (κ1) is 13.9. The van der Waals surface area contributed by atoms with Crippen LogP contribution in [0.1, 0.15) is 12.8 Å². The maximum absolute atomic E-state index is 12.0. The number of rotatable bonds is 2. The average Bonchev–Trinajstić information content (AvgIpc) is 3.21. The molecule has 2 fully saturated rings. The van der Waals surface area contributed by atoms with Gasteiger partial charge >= 0.3 is 0 Å². The number of amides is 2. The predicted octanol–water partition coefficient (Wildman–Crippen LogP) is 0.120. The molecule has 2 aliphatic heterocycles. The molecule has 2 aliphatic rings. The summed E-state index contributed by atoms with van der Waals surface area (Å²) in [6.07, 6.45) is 4.49. The molecular formula is C15H16N6O2. The zero-order valence-electron chi connectivity index (χ0n) is 12.7. The lowest BCUT2D eigenvalue weighted by molar-refractivity contribution is -0.127. The molecule has 2 aromatic heterocycles. The van der Waals surface area contributed by atoms with Crippen molar-refractivity contribution in [1.29, 1.82) is 0 Å². The molecule has 4 rings (SSSR count). The summed E-state index contributed by atoms with van der Waals surface area (Å²) in [5, 5.41) is 10.9. The number of hydrogen-bond acceptors (Lipinski definition) is 6. The Kier molecular flexibility index (Phi) is 2.93. The third-order valence-corrected chi connectivity index (χ3v) is 4.61. The number of anilines is 1. The standard InChI is InChI=1S/C15H16N6O2/c1-20-7-5-16-13(20)10-2-3-11(19-18-10)21-6-4-15(9-21)8-12(22)17-14(15)23/h2-3,5,7H,4,6,8-9H2,1H3,(H,17,22,23)/t15-/m1/s1. The maximum atomic E-state index is 12.0. The van der Waals surface area contributed by atoms with Gasteiger partial charge in [-0.05, 0) is 18.6 Å². The van der Waals surface area contributed by atoms with Crippen LogP contribution in [0.3, 0.4) is 0 Å². The van der Waals surface area contributed by atoms with E-state index in [1.807, 2.05) is 34.8 Å². The molecule has 0 unspecified atom stereocenters. The van der Waals surface area contributed by atoms with Gasteiger partial charge in [0, 0.05) is 39.0 Å². The molecule has 0 aliphatic carbocycles. The quantitative estimate of drug-likeness (QED) is 0.792. The van der Waals surface area contributed by atoms with E-state index in [9.17, 15) is 9.59 Å². The monoisotopic (exact) mass is 312 g/mol. The maximum Gasteiger partial charge on any atom is 0.235 e. The van der Waals surface area contributed by atoms with E-state index in [0.29, 0.717) is 31.0 Å². The van der Waals surface area contributed by atoms with E-state index >= 15 is 0 Å². The first-order chi connectivity index (χ1) is 11.1. The van der Waals surface area contributed by atoms with Crippen molar-refractivity contribution in [1.82, 2.24) is 25.1 Å². The van der Waals surface area contributed by atoms with Crippen LogP contribution in [0.15, 0.2) is 24.5 Å². The molecule has 4 heterocycles. The number of carbonyl (C=O) groups is 2. The van der Waals surface area contributed by atoms with E-state index in [1.165, 1.54) is 0 Å². The van der Waals surface area contributed by atoms with Gasteiger partial charge in [-0.25, -0.2) is 4.98 Å². The lowest BCUT2D eigenvalue weighted by Gasteiger charge is -2.20. The summed E-state index contributed by atoms with van der Waals surface area (Å²) in [4.78, 5) is 29.8. The summed E-state index contributed by atoms with van der Waals surface area (Å²) < 4.78 is 1.88. The molecule has 23 heavy (non-hydrogen) atoms. The van der Waals surface area contributed by atoms with Crippen molar-refractivity contribution < 1.29 is 9.59 Å². The molecule has 118 valence electrons. The van der Waals surface area contributed by atoms with Crippen LogP contribution >= 0.6 is 0 Å².